The minimum atomic E-state index is 0.216. The van der Waals surface area contributed by atoms with Gasteiger partial charge in [-0.25, -0.2) is 4.68 Å². The first-order valence-electron chi connectivity index (χ1n) is 5.48. The summed E-state index contributed by atoms with van der Waals surface area (Å²) in [6.45, 7) is 2.71. The van der Waals surface area contributed by atoms with Crippen molar-refractivity contribution < 1.29 is 9.47 Å². The summed E-state index contributed by atoms with van der Waals surface area (Å²) in [6, 6.07) is 7.43. The van der Waals surface area contributed by atoms with Crippen LogP contribution in [0.25, 0.3) is 0 Å². The fraction of sp³-hybridized carbons (Fsp3) is 0.273. The Balaban J connectivity index is 2.10. The highest BCUT2D eigenvalue weighted by atomic mass is 32.1. The molecule has 0 unspecified atom stereocenters. The van der Waals surface area contributed by atoms with Crippen molar-refractivity contribution in [3.8, 4) is 11.5 Å². The molecule has 0 saturated heterocycles. The summed E-state index contributed by atoms with van der Waals surface area (Å²) in [4.78, 5) is 0. The quantitative estimate of drug-likeness (QED) is 0.635. The molecule has 0 amide bonds. The molecule has 3 N–H and O–H groups in total. The van der Waals surface area contributed by atoms with E-state index in [-0.39, 0.29) is 6.61 Å². The van der Waals surface area contributed by atoms with Crippen molar-refractivity contribution in [3.63, 3.8) is 0 Å². The molecule has 1 aromatic heterocycles. The maximum atomic E-state index is 5.67. The van der Waals surface area contributed by atoms with Gasteiger partial charge in [-0.05, 0) is 31.3 Å². The summed E-state index contributed by atoms with van der Waals surface area (Å²) >= 11 is 4.91. The molecule has 0 aliphatic heterocycles. The van der Waals surface area contributed by atoms with Gasteiger partial charge in [-0.15, -0.1) is 0 Å². The highest BCUT2D eigenvalue weighted by Crippen LogP contribution is 2.26. The molecule has 7 heteroatoms. The van der Waals surface area contributed by atoms with Gasteiger partial charge in [0, 0.05) is 0 Å². The standard InChI is InChI=1S/C11H14N4O2S/c1-2-16-8-5-3-4-6-9(8)17-7-10-13-14-11(18)15(10)12/h3-6H,2,7,12H2,1H3,(H,14,18). The number of benzene rings is 1. The van der Waals surface area contributed by atoms with Gasteiger partial charge in [0.25, 0.3) is 0 Å². The van der Waals surface area contributed by atoms with Crippen LogP contribution in [0.15, 0.2) is 24.3 Å². The Labute approximate surface area is 109 Å². The summed E-state index contributed by atoms with van der Waals surface area (Å²) in [5.41, 5.74) is 0. The lowest BCUT2D eigenvalue weighted by Crippen LogP contribution is -2.14. The lowest BCUT2D eigenvalue weighted by molar-refractivity contribution is 0.261. The zero-order valence-electron chi connectivity index (χ0n) is 9.92. The maximum absolute atomic E-state index is 5.67. The number of hydrogen-bond donors (Lipinski definition) is 2. The first kappa shape index (κ1) is 12.4. The van der Waals surface area contributed by atoms with Crippen molar-refractivity contribution >= 4 is 12.2 Å². The number of rotatable bonds is 5. The van der Waals surface area contributed by atoms with E-state index >= 15 is 0 Å². The molecule has 0 atom stereocenters. The number of H-pyrrole nitrogens is 1. The lowest BCUT2D eigenvalue weighted by Gasteiger charge is -2.10. The number of nitrogens with two attached hydrogens (primary N) is 1. The van der Waals surface area contributed by atoms with Crippen molar-refractivity contribution in [1.29, 1.82) is 0 Å². The fourth-order valence-corrected chi connectivity index (χ4v) is 1.58. The van der Waals surface area contributed by atoms with E-state index in [2.05, 4.69) is 10.2 Å². The topological polar surface area (TPSA) is 78.1 Å². The Bertz CT molecular complexity index is 578. The number of ether oxygens (including phenoxy) is 2. The molecule has 96 valence electrons. The van der Waals surface area contributed by atoms with Crippen LogP contribution in [0.5, 0.6) is 11.5 Å². The summed E-state index contributed by atoms with van der Waals surface area (Å²) in [6.07, 6.45) is 0. The van der Waals surface area contributed by atoms with Gasteiger partial charge in [-0.2, -0.15) is 5.10 Å². The first-order chi connectivity index (χ1) is 8.72. The number of nitrogens with zero attached hydrogens (tertiary/aromatic N) is 2. The van der Waals surface area contributed by atoms with Gasteiger partial charge in [-0.3, -0.25) is 5.10 Å². The predicted molar refractivity (Wildman–Crippen MR) is 69.5 cm³/mol. The molecule has 0 spiro atoms. The van der Waals surface area contributed by atoms with Crippen LogP contribution < -0.4 is 15.3 Å². The van der Waals surface area contributed by atoms with Gasteiger partial charge in [0.15, 0.2) is 17.3 Å². The van der Waals surface area contributed by atoms with Gasteiger partial charge in [-0.1, -0.05) is 12.1 Å². The second kappa shape index (κ2) is 5.54. The van der Waals surface area contributed by atoms with Crippen molar-refractivity contribution in [2.24, 2.45) is 0 Å². The van der Waals surface area contributed by atoms with E-state index in [1.165, 1.54) is 4.68 Å². The van der Waals surface area contributed by atoms with Crippen LogP contribution in [0.2, 0.25) is 0 Å². The van der Waals surface area contributed by atoms with Crippen LogP contribution in [-0.4, -0.2) is 21.5 Å². The largest absolute Gasteiger partial charge is 0.490 e. The molecule has 0 aliphatic carbocycles. The van der Waals surface area contributed by atoms with Crippen LogP contribution in [0, 0.1) is 4.77 Å². The SMILES string of the molecule is CCOc1ccccc1OCc1n[nH]c(=S)n1N. The zero-order chi connectivity index (χ0) is 13.0. The van der Waals surface area contributed by atoms with Crippen LogP contribution in [-0.2, 0) is 6.61 Å². The third kappa shape index (κ3) is 2.62. The molecule has 1 heterocycles. The average molecular weight is 266 g/mol. The third-order valence-corrected chi connectivity index (χ3v) is 2.57. The predicted octanol–water partition coefficient (Wildman–Crippen LogP) is 1.63. The molecule has 2 rings (SSSR count). The molecule has 0 bridgehead atoms. The Morgan fingerprint density at radius 3 is 2.56 bits per heavy atom. The van der Waals surface area contributed by atoms with E-state index in [1.807, 2.05) is 31.2 Å². The van der Waals surface area contributed by atoms with Crippen molar-refractivity contribution in [2.75, 3.05) is 12.4 Å². The smallest absolute Gasteiger partial charge is 0.214 e. The molecule has 6 nitrogen and oxygen atoms in total. The van der Waals surface area contributed by atoms with E-state index in [4.69, 9.17) is 27.5 Å². The van der Waals surface area contributed by atoms with Gasteiger partial charge in [0.1, 0.15) is 6.61 Å². The summed E-state index contributed by atoms with van der Waals surface area (Å²) in [5, 5.41) is 6.55. The molecular formula is C11H14N4O2S. The van der Waals surface area contributed by atoms with Crippen LogP contribution in [0.3, 0.4) is 0 Å². The van der Waals surface area contributed by atoms with Crippen molar-refractivity contribution in [2.45, 2.75) is 13.5 Å². The summed E-state index contributed by atoms with van der Waals surface area (Å²) < 4.78 is 12.7. The first-order valence-corrected chi connectivity index (χ1v) is 5.89. The Morgan fingerprint density at radius 1 is 1.33 bits per heavy atom. The third-order valence-electron chi connectivity index (χ3n) is 2.28. The number of nitrogens with one attached hydrogen (secondary N) is 1. The van der Waals surface area contributed by atoms with Crippen LogP contribution in [0.1, 0.15) is 12.7 Å². The highest BCUT2D eigenvalue weighted by Gasteiger charge is 2.07. The van der Waals surface area contributed by atoms with Crippen LogP contribution in [0.4, 0.5) is 0 Å². The molecule has 0 saturated carbocycles. The minimum absolute atomic E-state index is 0.216. The Hall–Kier alpha value is -2.02. The molecule has 1 aromatic carbocycles. The second-order valence-corrected chi connectivity index (χ2v) is 3.87. The van der Waals surface area contributed by atoms with Gasteiger partial charge >= 0.3 is 0 Å². The number of nitrogen functional groups attached to an aromatic ring is 1. The van der Waals surface area contributed by atoms with Gasteiger partial charge < -0.3 is 15.3 Å². The number of para-hydroxylation sites is 2. The normalized spacial score (nSPS) is 10.3. The fourth-order valence-electron chi connectivity index (χ4n) is 1.43. The van der Waals surface area contributed by atoms with E-state index in [1.54, 1.807) is 0 Å². The van der Waals surface area contributed by atoms with Crippen molar-refractivity contribution in [1.82, 2.24) is 14.9 Å². The molecule has 0 fully saturated rings. The zero-order valence-corrected chi connectivity index (χ0v) is 10.7. The molecule has 18 heavy (non-hydrogen) atoms. The molecule has 2 aromatic rings. The number of aromatic nitrogens is 3. The highest BCUT2D eigenvalue weighted by molar-refractivity contribution is 7.71. The van der Waals surface area contributed by atoms with Gasteiger partial charge in [0.2, 0.25) is 4.77 Å². The van der Waals surface area contributed by atoms with E-state index in [9.17, 15) is 0 Å². The number of aromatic amines is 1. The monoisotopic (exact) mass is 266 g/mol. The minimum Gasteiger partial charge on any atom is -0.490 e. The molecule has 0 aliphatic rings. The van der Waals surface area contributed by atoms with Gasteiger partial charge in [0.05, 0.1) is 6.61 Å². The summed E-state index contributed by atoms with van der Waals surface area (Å²) in [5.74, 6) is 7.53. The second-order valence-electron chi connectivity index (χ2n) is 3.48. The van der Waals surface area contributed by atoms with E-state index in [0.717, 1.165) is 0 Å². The lowest BCUT2D eigenvalue weighted by atomic mass is 10.3. The number of hydrogen-bond acceptors (Lipinski definition) is 5. The Kier molecular flexibility index (Phi) is 3.83. The molecule has 0 radical (unpaired) electrons. The Morgan fingerprint density at radius 2 is 2.00 bits per heavy atom. The maximum Gasteiger partial charge on any atom is 0.214 e. The molecular weight excluding hydrogens is 252 g/mol. The van der Waals surface area contributed by atoms with E-state index < -0.39 is 0 Å². The average Bonchev–Trinajstić information content (AvgIpc) is 2.70. The van der Waals surface area contributed by atoms with Crippen LogP contribution >= 0.6 is 12.2 Å². The van der Waals surface area contributed by atoms with Crippen molar-refractivity contribution in [3.05, 3.63) is 34.9 Å². The summed E-state index contributed by atoms with van der Waals surface area (Å²) in [7, 11) is 0. The van der Waals surface area contributed by atoms with E-state index in [0.29, 0.717) is 28.7 Å².